The second-order valence-electron chi connectivity index (χ2n) is 7.52. The highest BCUT2D eigenvalue weighted by Crippen LogP contribution is 2.44. The first-order chi connectivity index (χ1) is 10.8. The largest absolute Gasteiger partial charge is 0.0933 e. The summed E-state index contributed by atoms with van der Waals surface area (Å²) in [7, 11) is 0. The molecular formula is C21H29Cl. The molecule has 0 nitrogen and oxygen atoms in total. The molecule has 0 radical (unpaired) electrons. The molecule has 0 amide bonds. The lowest BCUT2D eigenvalue weighted by molar-refractivity contribution is 0.171. The Morgan fingerprint density at radius 3 is 1.91 bits per heavy atom. The van der Waals surface area contributed by atoms with Crippen molar-refractivity contribution < 1.29 is 0 Å². The van der Waals surface area contributed by atoms with Crippen molar-refractivity contribution in [2.45, 2.75) is 64.2 Å². The van der Waals surface area contributed by atoms with Crippen molar-refractivity contribution in [2.24, 2.45) is 17.8 Å². The van der Waals surface area contributed by atoms with Crippen LogP contribution in [0.25, 0.3) is 0 Å². The summed E-state index contributed by atoms with van der Waals surface area (Å²) in [6, 6.07) is 9.24. The van der Waals surface area contributed by atoms with E-state index in [9.17, 15) is 0 Å². The molecule has 1 aromatic carbocycles. The Bertz CT molecular complexity index is 471. The first kappa shape index (κ1) is 16.1. The highest BCUT2D eigenvalue weighted by atomic mass is 35.5. The van der Waals surface area contributed by atoms with Crippen LogP contribution in [0.4, 0.5) is 0 Å². The van der Waals surface area contributed by atoms with Gasteiger partial charge in [-0.1, -0.05) is 47.5 Å². The highest BCUT2D eigenvalue weighted by Gasteiger charge is 2.30. The van der Waals surface area contributed by atoms with E-state index in [0.717, 1.165) is 23.7 Å². The number of hydrogen-bond donors (Lipinski definition) is 0. The zero-order valence-corrected chi connectivity index (χ0v) is 14.6. The van der Waals surface area contributed by atoms with Gasteiger partial charge >= 0.3 is 0 Å². The summed E-state index contributed by atoms with van der Waals surface area (Å²) < 4.78 is 0. The van der Waals surface area contributed by atoms with Crippen molar-refractivity contribution in [1.82, 2.24) is 0 Å². The Morgan fingerprint density at radius 2 is 1.36 bits per heavy atom. The Labute approximate surface area is 141 Å². The molecule has 0 bridgehead atoms. The summed E-state index contributed by atoms with van der Waals surface area (Å²) in [6.45, 7) is 2.18. The minimum absolute atomic E-state index is 0.748. The molecule has 22 heavy (non-hydrogen) atoms. The molecule has 0 aromatic heterocycles. The molecule has 0 aliphatic heterocycles. The predicted molar refractivity (Wildman–Crippen MR) is 96.3 cm³/mol. The van der Waals surface area contributed by atoms with Crippen molar-refractivity contribution in [3.63, 3.8) is 0 Å². The van der Waals surface area contributed by atoms with E-state index in [-0.39, 0.29) is 0 Å². The fourth-order valence-electron chi connectivity index (χ4n) is 4.67. The molecule has 2 aliphatic carbocycles. The Hall–Kier alpha value is -0.750. The number of aryl methyl sites for hydroxylation is 1. The SMILES string of the molecule is Cc1ccc(C2CCC([C@H]3CC[C@H](/C=C/Cl)CC3)CC2)cc1. The third-order valence-electron chi connectivity index (χ3n) is 6.15. The van der Waals surface area contributed by atoms with Crippen molar-refractivity contribution >= 4 is 11.6 Å². The van der Waals surface area contributed by atoms with Crippen LogP contribution in [0.1, 0.15) is 68.4 Å². The van der Waals surface area contributed by atoms with E-state index < -0.39 is 0 Å². The molecule has 2 aliphatic rings. The summed E-state index contributed by atoms with van der Waals surface area (Å²) in [5.41, 5.74) is 4.66. The molecule has 120 valence electrons. The van der Waals surface area contributed by atoms with Crippen LogP contribution in [0.2, 0.25) is 0 Å². The number of halogens is 1. The van der Waals surface area contributed by atoms with E-state index in [4.69, 9.17) is 11.6 Å². The maximum Gasteiger partial charge on any atom is 0.000525 e. The first-order valence-corrected chi connectivity index (χ1v) is 9.53. The van der Waals surface area contributed by atoms with Gasteiger partial charge in [-0.25, -0.2) is 0 Å². The first-order valence-electron chi connectivity index (χ1n) is 9.09. The fourth-order valence-corrected chi connectivity index (χ4v) is 4.88. The molecule has 0 unspecified atom stereocenters. The van der Waals surface area contributed by atoms with Crippen LogP contribution < -0.4 is 0 Å². The van der Waals surface area contributed by atoms with Crippen LogP contribution in [0, 0.1) is 24.7 Å². The van der Waals surface area contributed by atoms with E-state index in [1.807, 2.05) is 0 Å². The maximum absolute atomic E-state index is 5.72. The molecule has 1 heteroatoms. The smallest absolute Gasteiger partial charge is 0.000525 e. The minimum atomic E-state index is 0.748. The number of rotatable bonds is 3. The molecule has 3 rings (SSSR count). The second kappa shape index (κ2) is 7.68. The lowest BCUT2D eigenvalue weighted by atomic mass is 9.68. The number of benzene rings is 1. The number of allylic oxidation sites excluding steroid dienone is 1. The predicted octanol–water partition coefficient (Wildman–Crippen LogP) is 6.83. The van der Waals surface area contributed by atoms with Gasteiger partial charge in [-0.15, -0.1) is 0 Å². The van der Waals surface area contributed by atoms with Crippen molar-refractivity contribution in [3.05, 3.63) is 47.0 Å². The third-order valence-corrected chi connectivity index (χ3v) is 6.29. The molecule has 2 saturated carbocycles. The second-order valence-corrected chi connectivity index (χ2v) is 7.77. The summed E-state index contributed by atoms with van der Waals surface area (Å²) in [5, 5.41) is 0. The van der Waals surface area contributed by atoms with E-state index >= 15 is 0 Å². The normalized spacial score (nSPS) is 33.2. The molecule has 0 atom stereocenters. The van der Waals surface area contributed by atoms with Gasteiger partial charge in [0.15, 0.2) is 0 Å². The maximum atomic E-state index is 5.72. The van der Waals surface area contributed by atoms with E-state index in [2.05, 4.69) is 37.3 Å². The Kier molecular flexibility index (Phi) is 5.63. The number of hydrogen-bond acceptors (Lipinski definition) is 0. The standard InChI is InChI=1S/C21H29Cl/c1-16-2-6-18(7-3-16)20-10-12-21(13-11-20)19-8-4-17(5-9-19)14-15-22/h2-3,6-7,14-15,17,19-21H,4-5,8-13H2,1H3/b15-14+/t17-,19-,20?,21?. The summed E-state index contributed by atoms with van der Waals surface area (Å²) in [5.74, 6) is 3.53. The average molecular weight is 317 g/mol. The van der Waals surface area contributed by atoms with Crippen molar-refractivity contribution in [3.8, 4) is 0 Å². The lowest BCUT2D eigenvalue weighted by Crippen LogP contribution is -2.25. The van der Waals surface area contributed by atoms with Crippen molar-refractivity contribution in [2.75, 3.05) is 0 Å². The molecule has 0 heterocycles. The van der Waals surface area contributed by atoms with E-state index in [1.165, 1.54) is 56.9 Å². The van der Waals surface area contributed by atoms with E-state index in [0.29, 0.717) is 0 Å². The van der Waals surface area contributed by atoms with Crippen LogP contribution in [0.3, 0.4) is 0 Å². The molecule has 0 saturated heterocycles. The van der Waals surface area contributed by atoms with Crippen LogP contribution in [-0.2, 0) is 0 Å². The van der Waals surface area contributed by atoms with Gasteiger partial charge in [0.25, 0.3) is 0 Å². The average Bonchev–Trinajstić information content (AvgIpc) is 2.57. The Balaban J connectivity index is 1.49. The van der Waals surface area contributed by atoms with Gasteiger partial charge in [0.1, 0.15) is 0 Å². The Morgan fingerprint density at radius 1 is 0.818 bits per heavy atom. The summed E-state index contributed by atoms with van der Waals surface area (Å²) >= 11 is 5.72. The molecule has 1 aromatic rings. The quantitative estimate of drug-likeness (QED) is 0.573. The van der Waals surface area contributed by atoms with Crippen LogP contribution in [-0.4, -0.2) is 0 Å². The van der Waals surface area contributed by atoms with Crippen LogP contribution in [0.15, 0.2) is 35.9 Å². The summed E-state index contributed by atoms with van der Waals surface area (Å²) in [4.78, 5) is 0. The van der Waals surface area contributed by atoms with Gasteiger partial charge < -0.3 is 0 Å². The van der Waals surface area contributed by atoms with E-state index in [1.54, 1.807) is 11.1 Å². The molecule has 0 spiro atoms. The van der Waals surface area contributed by atoms with Gasteiger partial charge in [0, 0.05) is 5.54 Å². The summed E-state index contributed by atoms with van der Waals surface area (Å²) in [6.07, 6.45) is 13.4. The topological polar surface area (TPSA) is 0 Å². The molecule has 0 N–H and O–H groups in total. The molecular weight excluding hydrogens is 288 g/mol. The third kappa shape index (κ3) is 3.96. The van der Waals surface area contributed by atoms with Gasteiger partial charge in [0.05, 0.1) is 0 Å². The van der Waals surface area contributed by atoms with Gasteiger partial charge in [0.2, 0.25) is 0 Å². The lowest BCUT2D eigenvalue weighted by Gasteiger charge is -2.37. The van der Waals surface area contributed by atoms with Crippen LogP contribution in [0.5, 0.6) is 0 Å². The van der Waals surface area contributed by atoms with Gasteiger partial charge in [-0.05, 0) is 87.5 Å². The monoisotopic (exact) mass is 316 g/mol. The van der Waals surface area contributed by atoms with Crippen molar-refractivity contribution in [1.29, 1.82) is 0 Å². The van der Waals surface area contributed by atoms with Gasteiger partial charge in [-0.2, -0.15) is 0 Å². The zero-order chi connectivity index (χ0) is 15.4. The molecule has 2 fully saturated rings. The van der Waals surface area contributed by atoms with Gasteiger partial charge in [-0.3, -0.25) is 0 Å². The minimum Gasteiger partial charge on any atom is -0.0933 e. The van der Waals surface area contributed by atoms with Crippen LogP contribution >= 0.6 is 11.6 Å². The highest BCUT2D eigenvalue weighted by molar-refractivity contribution is 6.25. The zero-order valence-electron chi connectivity index (χ0n) is 13.8. The fraction of sp³-hybridized carbons (Fsp3) is 0.619.